The number of nitrogens with zero attached hydrogens (tertiary/aromatic N) is 1. The molecular formula is C18H27ClN2. The van der Waals surface area contributed by atoms with Crippen molar-refractivity contribution in [2.75, 3.05) is 13.1 Å². The van der Waals surface area contributed by atoms with Gasteiger partial charge in [0.15, 0.2) is 0 Å². The maximum absolute atomic E-state index is 6.15. The molecule has 0 spiro atoms. The van der Waals surface area contributed by atoms with Crippen LogP contribution in [0.4, 0.5) is 0 Å². The molecule has 1 N–H and O–H groups in total. The van der Waals surface area contributed by atoms with Crippen molar-refractivity contribution in [3.63, 3.8) is 0 Å². The third-order valence-corrected chi connectivity index (χ3v) is 5.36. The first-order valence-corrected chi connectivity index (χ1v) is 8.82. The summed E-state index contributed by atoms with van der Waals surface area (Å²) in [7, 11) is 0. The number of benzene rings is 1. The van der Waals surface area contributed by atoms with Gasteiger partial charge in [0.05, 0.1) is 0 Å². The van der Waals surface area contributed by atoms with Crippen LogP contribution in [-0.4, -0.2) is 30.1 Å². The van der Waals surface area contributed by atoms with Gasteiger partial charge < -0.3 is 5.32 Å². The molecule has 1 aromatic rings. The normalized spacial score (nSPS) is 28.7. The van der Waals surface area contributed by atoms with E-state index in [9.17, 15) is 0 Å². The minimum absolute atomic E-state index is 0.587. The molecule has 1 saturated heterocycles. The number of nitrogens with one attached hydrogen (secondary N) is 1. The largest absolute Gasteiger partial charge is 0.311 e. The summed E-state index contributed by atoms with van der Waals surface area (Å²) in [5.74, 6) is 0.873. The lowest BCUT2D eigenvalue weighted by atomic mass is 9.82. The second kappa shape index (κ2) is 7.13. The van der Waals surface area contributed by atoms with Gasteiger partial charge >= 0.3 is 0 Å². The van der Waals surface area contributed by atoms with Crippen molar-refractivity contribution in [3.05, 3.63) is 34.9 Å². The van der Waals surface area contributed by atoms with E-state index >= 15 is 0 Å². The van der Waals surface area contributed by atoms with Gasteiger partial charge in [0.2, 0.25) is 0 Å². The summed E-state index contributed by atoms with van der Waals surface area (Å²) in [6, 6.07) is 9.63. The van der Waals surface area contributed by atoms with Gasteiger partial charge in [0, 0.05) is 36.7 Å². The molecule has 3 heteroatoms. The molecule has 3 rings (SSSR count). The van der Waals surface area contributed by atoms with Crippen LogP contribution < -0.4 is 5.32 Å². The van der Waals surface area contributed by atoms with Gasteiger partial charge in [0.25, 0.3) is 0 Å². The third-order valence-electron chi connectivity index (χ3n) is 5.12. The molecule has 1 aromatic carbocycles. The first-order valence-electron chi connectivity index (χ1n) is 8.44. The predicted octanol–water partition coefficient (Wildman–Crippen LogP) is 4.08. The smallest absolute Gasteiger partial charge is 0.0409 e. The van der Waals surface area contributed by atoms with E-state index in [-0.39, 0.29) is 0 Å². The molecular weight excluding hydrogens is 280 g/mol. The van der Waals surface area contributed by atoms with Crippen LogP contribution in [0.25, 0.3) is 0 Å². The summed E-state index contributed by atoms with van der Waals surface area (Å²) in [4.78, 5) is 2.70. The Bertz CT molecular complexity index is 456. The van der Waals surface area contributed by atoms with Crippen molar-refractivity contribution >= 4 is 11.6 Å². The number of piperazine rings is 1. The Hall–Kier alpha value is -0.570. The number of rotatable bonds is 3. The zero-order valence-corrected chi connectivity index (χ0v) is 13.8. The summed E-state index contributed by atoms with van der Waals surface area (Å²) in [5.41, 5.74) is 1.34. The van der Waals surface area contributed by atoms with Crippen LogP contribution in [0.1, 0.15) is 44.6 Å². The van der Waals surface area contributed by atoms with E-state index in [1.165, 1.54) is 37.7 Å². The molecule has 2 unspecified atom stereocenters. The zero-order chi connectivity index (χ0) is 14.7. The maximum Gasteiger partial charge on any atom is 0.0409 e. The summed E-state index contributed by atoms with van der Waals surface area (Å²) in [5, 5.41) is 4.54. The topological polar surface area (TPSA) is 15.3 Å². The van der Waals surface area contributed by atoms with Crippen LogP contribution in [0.2, 0.25) is 5.02 Å². The zero-order valence-electron chi connectivity index (χ0n) is 13.0. The Morgan fingerprint density at radius 3 is 2.81 bits per heavy atom. The Morgan fingerprint density at radius 2 is 2.05 bits per heavy atom. The molecule has 2 fully saturated rings. The minimum Gasteiger partial charge on any atom is -0.311 e. The second-order valence-corrected chi connectivity index (χ2v) is 7.27. The molecule has 1 saturated carbocycles. The number of halogens is 1. The Kier molecular flexibility index (Phi) is 5.20. The maximum atomic E-state index is 6.15. The third kappa shape index (κ3) is 4.00. The van der Waals surface area contributed by atoms with Crippen molar-refractivity contribution in [1.29, 1.82) is 0 Å². The molecule has 0 aromatic heterocycles. The van der Waals surface area contributed by atoms with Crippen molar-refractivity contribution < 1.29 is 0 Å². The lowest BCUT2D eigenvalue weighted by Crippen LogP contribution is -2.57. The van der Waals surface area contributed by atoms with Crippen molar-refractivity contribution in [1.82, 2.24) is 10.2 Å². The molecule has 2 aliphatic rings. The van der Waals surface area contributed by atoms with Crippen molar-refractivity contribution in [3.8, 4) is 0 Å². The van der Waals surface area contributed by atoms with Gasteiger partial charge in [0.1, 0.15) is 0 Å². The molecule has 1 aliphatic carbocycles. The molecule has 0 amide bonds. The fraction of sp³-hybridized carbons (Fsp3) is 0.667. The fourth-order valence-corrected chi connectivity index (χ4v) is 4.25. The highest BCUT2D eigenvalue weighted by Gasteiger charge is 2.32. The average molecular weight is 307 g/mol. The summed E-state index contributed by atoms with van der Waals surface area (Å²) in [6.07, 6.45) is 7.09. The van der Waals surface area contributed by atoms with E-state index < -0.39 is 0 Å². The number of hydrogen-bond donors (Lipinski definition) is 1. The van der Waals surface area contributed by atoms with Gasteiger partial charge in [-0.15, -0.1) is 0 Å². The molecule has 2 atom stereocenters. The second-order valence-electron chi connectivity index (χ2n) is 6.83. The monoisotopic (exact) mass is 306 g/mol. The Balaban J connectivity index is 1.71. The molecule has 21 heavy (non-hydrogen) atoms. The highest BCUT2D eigenvalue weighted by atomic mass is 35.5. The van der Waals surface area contributed by atoms with E-state index in [2.05, 4.69) is 35.3 Å². The van der Waals surface area contributed by atoms with E-state index in [0.717, 1.165) is 30.6 Å². The molecule has 0 radical (unpaired) electrons. The van der Waals surface area contributed by atoms with Crippen LogP contribution in [0.5, 0.6) is 0 Å². The Morgan fingerprint density at radius 1 is 1.24 bits per heavy atom. The number of hydrogen-bond acceptors (Lipinski definition) is 2. The molecule has 0 bridgehead atoms. The highest BCUT2D eigenvalue weighted by molar-refractivity contribution is 6.30. The van der Waals surface area contributed by atoms with Gasteiger partial charge in [-0.05, 0) is 43.4 Å². The first kappa shape index (κ1) is 15.3. The van der Waals surface area contributed by atoms with Crippen LogP contribution in [0.3, 0.4) is 0 Å². The van der Waals surface area contributed by atoms with Crippen molar-refractivity contribution in [2.45, 2.75) is 57.7 Å². The van der Waals surface area contributed by atoms with E-state index in [0.29, 0.717) is 12.1 Å². The average Bonchev–Trinajstić information content (AvgIpc) is 2.48. The molecule has 116 valence electrons. The van der Waals surface area contributed by atoms with Gasteiger partial charge in [-0.3, -0.25) is 4.90 Å². The van der Waals surface area contributed by atoms with Crippen LogP contribution in [0, 0.1) is 5.92 Å². The molecule has 2 nitrogen and oxygen atoms in total. The lowest BCUT2D eigenvalue weighted by molar-refractivity contribution is 0.0689. The van der Waals surface area contributed by atoms with Gasteiger partial charge in [-0.2, -0.15) is 0 Å². The molecule has 1 aliphatic heterocycles. The van der Waals surface area contributed by atoms with E-state index in [1.54, 1.807) is 0 Å². The fourth-order valence-electron chi connectivity index (χ4n) is 4.04. The predicted molar refractivity (Wildman–Crippen MR) is 89.7 cm³/mol. The van der Waals surface area contributed by atoms with Gasteiger partial charge in [-0.1, -0.05) is 43.0 Å². The SMILES string of the molecule is CC1CN(Cc2cccc(Cl)c2)C(C2CCCCC2)CN1. The standard InChI is InChI=1S/C18H27ClN2/c1-14-12-21(13-15-6-5-9-17(19)10-15)18(11-20-14)16-7-3-2-4-8-16/h5-6,9-10,14,16,18,20H,2-4,7-8,11-13H2,1H3. The van der Waals surface area contributed by atoms with E-state index in [4.69, 9.17) is 11.6 Å². The van der Waals surface area contributed by atoms with Crippen LogP contribution in [-0.2, 0) is 6.54 Å². The summed E-state index contributed by atoms with van der Waals surface area (Å²) < 4.78 is 0. The molecule has 1 heterocycles. The van der Waals surface area contributed by atoms with Gasteiger partial charge in [-0.25, -0.2) is 0 Å². The quantitative estimate of drug-likeness (QED) is 0.905. The first-order chi connectivity index (χ1) is 10.2. The Labute approximate surface area is 133 Å². The lowest BCUT2D eigenvalue weighted by Gasteiger charge is -2.44. The summed E-state index contributed by atoms with van der Waals surface area (Å²) in [6.45, 7) is 5.62. The minimum atomic E-state index is 0.587. The van der Waals surface area contributed by atoms with Crippen LogP contribution >= 0.6 is 11.6 Å². The van der Waals surface area contributed by atoms with E-state index in [1.807, 2.05) is 6.07 Å². The summed E-state index contributed by atoms with van der Waals surface area (Å²) >= 11 is 6.15. The van der Waals surface area contributed by atoms with Crippen LogP contribution in [0.15, 0.2) is 24.3 Å². The van der Waals surface area contributed by atoms with Crippen molar-refractivity contribution in [2.24, 2.45) is 5.92 Å². The highest BCUT2D eigenvalue weighted by Crippen LogP contribution is 2.31.